The molecule has 2 rings (SSSR count). The molecule has 0 spiro atoms. The van der Waals surface area contributed by atoms with E-state index in [9.17, 15) is 4.79 Å². The molecule has 0 aromatic heterocycles. The summed E-state index contributed by atoms with van der Waals surface area (Å²) in [4.78, 5) is 11.5. The summed E-state index contributed by atoms with van der Waals surface area (Å²) in [6.07, 6.45) is 3.99. The van der Waals surface area contributed by atoms with Crippen LogP contribution in [0.4, 0.5) is 0 Å². The lowest BCUT2D eigenvalue weighted by Crippen LogP contribution is -2.10. The topological polar surface area (TPSA) is 35.5 Å². The summed E-state index contributed by atoms with van der Waals surface area (Å²) in [6.45, 7) is 2.33. The summed E-state index contributed by atoms with van der Waals surface area (Å²) in [7, 11) is 1.65. The largest absolute Gasteiger partial charge is 0.504 e. The lowest BCUT2D eigenvalue weighted by molar-refractivity contribution is -0.145. The van der Waals surface area contributed by atoms with Crippen LogP contribution in [0.5, 0.6) is 0 Å². The maximum atomic E-state index is 11.5. The highest BCUT2D eigenvalue weighted by Gasteiger charge is 2.60. The average Bonchev–Trinajstić information content (AvgIpc) is 2.76. The van der Waals surface area contributed by atoms with Crippen molar-refractivity contribution in [3.8, 4) is 0 Å². The monoisotopic (exact) mass is 196 g/mol. The molecule has 2 aliphatic carbocycles. The van der Waals surface area contributed by atoms with E-state index in [4.69, 9.17) is 9.47 Å². The highest BCUT2D eigenvalue weighted by Crippen LogP contribution is 2.60. The number of hydrogen-bond acceptors (Lipinski definition) is 3. The quantitative estimate of drug-likeness (QED) is 0.509. The fraction of sp³-hybridized carbons (Fsp3) is 0.727. The Bertz CT molecular complexity index is 270. The SMILES string of the molecule is CCOC(=O)[C@@H]1[C@@H]2CC/C(=C\OC)[C@H]21. The smallest absolute Gasteiger partial charge is 0.309 e. The van der Waals surface area contributed by atoms with E-state index in [0.717, 1.165) is 12.8 Å². The lowest BCUT2D eigenvalue weighted by atomic mass is 10.1. The van der Waals surface area contributed by atoms with E-state index < -0.39 is 0 Å². The van der Waals surface area contributed by atoms with Crippen molar-refractivity contribution in [1.82, 2.24) is 0 Å². The molecule has 2 fully saturated rings. The molecule has 0 radical (unpaired) electrons. The van der Waals surface area contributed by atoms with Gasteiger partial charge in [0.1, 0.15) is 0 Å². The number of carbonyl (C=O) groups is 1. The van der Waals surface area contributed by atoms with Gasteiger partial charge in [-0.1, -0.05) is 0 Å². The van der Waals surface area contributed by atoms with Gasteiger partial charge in [-0.3, -0.25) is 4.79 Å². The van der Waals surface area contributed by atoms with E-state index in [1.807, 2.05) is 6.92 Å². The molecule has 14 heavy (non-hydrogen) atoms. The third kappa shape index (κ3) is 1.41. The molecule has 0 bridgehead atoms. The number of allylic oxidation sites excluding steroid dienone is 1. The van der Waals surface area contributed by atoms with Gasteiger partial charge < -0.3 is 9.47 Å². The van der Waals surface area contributed by atoms with E-state index in [1.54, 1.807) is 13.4 Å². The van der Waals surface area contributed by atoms with Crippen LogP contribution in [0.1, 0.15) is 19.8 Å². The molecule has 0 unspecified atom stereocenters. The van der Waals surface area contributed by atoms with Crippen molar-refractivity contribution in [3.05, 3.63) is 11.8 Å². The summed E-state index contributed by atoms with van der Waals surface area (Å²) >= 11 is 0. The van der Waals surface area contributed by atoms with Gasteiger partial charge in [-0.15, -0.1) is 0 Å². The Hall–Kier alpha value is -0.990. The minimum Gasteiger partial charge on any atom is -0.504 e. The highest BCUT2D eigenvalue weighted by molar-refractivity contribution is 5.78. The third-order valence-corrected chi connectivity index (χ3v) is 3.19. The first-order chi connectivity index (χ1) is 6.79. The first-order valence-electron chi connectivity index (χ1n) is 5.18. The number of carbonyl (C=O) groups excluding carboxylic acids is 1. The van der Waals surface area contributed by atoms with Crippen molar-refractivity contribution in [2.75, 3.05) is 13.7 Å². The van der Waals surface area contributed by atoms with Gasteiger partial charge in [-0.2, -0.15) is 0 Å². The second-order valence-electron chi connectivity index (χ2n) is 3.93. The van der Waals surface area contributed by atoms with Crippen molar-refractivity contribution in [3.63, 3.8) is 0 Å². The van der Waals surface area contributed by atoms with E-state index in [-0.39, 0.29) is 11.9 Å². The second-order valence-corrected chi connectivity index (χ2v) is 3.93. The van der Waals surface area contributed by atoms with Crippen LogP contribution in [0, 0.1) is 17.8 Å². The number of ether oxygens (including phenoxy) is 2. The van der Waals surface area contributed by atoms with Crippen LogP contribution >= 0.6 is 0 Å². The number of fused-ring (bicyclic) bond motifs is 1. The van der Waals surface area contributed by atoms with Crippen molar-refractivity contribution >= 4 is 5.97 Å². The minimum atomic E-state index is -0.0239. The van der Waals surface area contributed by atoms with Crippen molar-refractivity contribution in [2.24, 2.45) is 17.8 Å². The molecule has 0 aromatic carbocycles. The fourth-order valence-electron chi connectivity index (χ4n) is 2.59. The molecule has 0 amide bonds. The Morgan fingerprint density at radius 3 is 3.07 bits per heavy atom. The van der Waals surface area contributed by atoms with Crippen LogP contribution in [-0.4, -0.2) is 19.7 Å². The first-order valence-corrected chi connectivity index (χ1v) is 5.18. The molecular weight excluding hydrogens is 180 g/mol. The Kier molecular flexibility index (Phi) is 2.48. The number of methoxy groups -OCH3 is 1. The molecule has 0 saturated heterocycles. The molecule has 3 nitrogen and oxygen atoms in total. The predicted molar refractivity (Wildman–Crippen MR) is 51.4 cm³/mol. The lowest BCUT2D eigenvalue weighted by Gasteiger charge is -2.05. The van der Waals surface area contributed by atoms with Gasteiger partial charge >= 0.3 is 5.97 Å². The Morgan fingerprint density at radius 2 is 2.43 bits per heavy atom. The van der Waals surface area contributed by atoms with Gasteiger partial charge in [-0.05, 0) is 31.3 Å². The summed E-state index contributed by atoms with van der Waals surface area (Å²) < 4.78 is 10.0. The van der Waals surface area contributed by atoms with Gasteiger partial charge in [0.15, 0.2) is 0 Å². The highest BCUT2D eigenvalue weighted by atomic mass is 16.5. The third-order valence-electron chi connectivity index (χ3n) is 3.19. The van der Waals surface area contributed by atoms with E-state index >= 15 is 0 Å². The van der Waals surface area contributed by atoms with Crippen molar-refractivity contribution in [2.45, 2.75) is 19.8 Å². The normalized spacial score (nSPS) is 36.7. The van der Waals surface area contributed by atoms with Gasteiger partial charge in [0.25, 0.3) is 0 Å². The van der Waals surface area contributed by atoms with Crippen LogP contribution in [0.2, 0.25) is 0 Å². The molecule has 3 atom stereocenters. The molecule has 0 heterocycles. The molecular formula is C11H16O3. The Balaban J connectivity index is 1.96. The summed E-state index contributed by atoms with van der Waals surface area (Å²) in [5.74, 6) is 1.07. The molecule has 3 heteroatoms. The second kappa shape index (κ2) is 3.64. The van der Waals surface area contributed by atoms with Crippen LogP contribution in [0.25, 0.3) is 0 Å². The fourth-order valence-corrected chi connectivity index (χ4v) is 2.59. The zero-order valence-corrected chi connectivity index (χ0v) is 8.66. The summed E-state index contributed by atoms with van der Waals surface area (Å²) in [5, 5.41) is 0. The van der Waals surface area contributed by atoms with Crippen LogP contribution in [0.15, 0.2) is 11.8 Å². The predicted octanol–water partition coefficient (Wildman–Crippen LogP) is 1.74. The van der Waals surface area contributed by atoms with Gasteiger partial charge in [0.2, 0.25) is 0 Å². The van der Waals surface area contributed by atoms with Gasteiger partial charge in [0, 0.05) is 5.92 Å². The zero-order valence-electron chi connectivity index (χ0n) is 8.66. The minimum absolute atomic E-state index is 0.0239. The number of rotatable bonds is 3. The Morgan fingerprint density at radius 1 is 1.64 bits per heavy atom. The van der Waals surface area contributed by atoms with E-state index in [2.05, 4.69) is 0 Å². The standard InChI is InChI=1S/C11H16O3/c1-3-14-11(12)10-8-5-4-7(6-13-2)9(8)10/h6,8-10H,3-5H2,1-2H3/b7-6+/t8-,9-,10-/m1/s1. The maximum absolute atomic E-state index is 11.5. The van der Waals surface area contributed by atoms with Crippen molar-refractivity contribution in [1.29, 1.82) is 0 Å². The van der Waals surface area contributed by atoms with E-state index in [0.29, 0.717) is 18.4 Å². The molecule has 0 N–H and O–H groups in total. The molecule has 2 saturated carbocycles. The molecule has 2 aliphatic rings. The zero-order chi connectivity index (χ0) is 10.1. The van der Waals surface area contributed by atoms with Crippen LogP contribution in [-0.2, 0) is 14.3 Å². The van der Waals surface area contributed by atoms with Gasteiger partial charge in [0.05, 0.1) is 25.9 Å². The molecule has 78 valence electrons. The molecule has 0 aromatic rings. The van der Waals surface area contributed by atoms with Gasteiger partial charge in [-0.25, -0.2) is 0 Å². The summed E-state index contributed by atoms with van der Waals surface area (Å²) in [5.41, 5.74) is 1.29. The number of esters is 1. The average molecular weight is 196 g/mol. The summed E-state index contributed by atoms with van der Waals surface area (Å²) in [6, 6.07) is 0. The van der Waals surface area contributed by atoms with E-state index in [1.165, 1.54) is 5.57 Å². The number of hydrogen-bond donors (Lipinski definition) is 0. The molecule has 0 aliphatic heterocycles. The van der Waals surface area contributed by atoms with Crippen LogP contribution < -0.4 is 0 Å². The first kappa shape index (κ1) is 9.56. The maximum Gasteiger partial charge on any atom is 0.309 e. The van der Waals surface area contributed by atoms with Crippen molar-refractivity contribution < 1.29 is 14.3 Å². The van der Waals surface area contributed by atoms with Crippen LogP contribution in [0.3, 0.4) is 0 Å². The Labute approximate surface area is 84.1 Å².